The maximum absolute atomic E-state index is 6.15. The number of benzene rings is 3. The number of halogens is 1. The molecule has 3 aromatic carbocycles. The van der Waals surface area contributed by atoms with Crippen molar-refractivity contribution in [3.8, 4) is 11.1 Å². The van der Waals surface area contributed by atoms with E-state index < -0.39 is 0 Å². The van der Waals surface area contributed by atoms with Gasteiger partial charge in [-0.3, -0.25) is 0 Å². The second-order valence-electron chi connectivity index (χ2n) is 6.60. The molecule has 25 heavy (non-hydrogen) atoms. The fourth-order valence-corrected chi connectivity index (χ4v) is 5.52. The average molecular weight is 361 g/mol. The van der Waals surface area contributed by atoms with Gasteiger partial charge in [0.15, 0.2) is 0 Å². The van der Waals surface area contributed by atoms with Crippen LogP contribution in [-0.4, -0.2) is 0 Å². The van der Waals surface area contributed by atoms with E-state index in [1.165, 1.54) is 42.4 Å². The zero-order valence-electron chi connectivity index (χ0n) is 13.2. The van der Waals surface area contributed by atoms with Crippen LogP contribution in [0, 0.1) is 0 Å². The Hall–Kier alpha value is -2.13. The minimum absolute atomic E-state index is 0.0697. The summed E-state index contributed by atoms with van der Waals surface area (Å²) in [7, 11) is 0. The third-order valence-corrected chi connectivity index (χ3v) is 6.68. The molecular weight excluding hydrogens is 348 g/mol. The van der Waals surface area contributed by atoms with Crippen molar-refractivity contribution >= 4 is 43.1 Å². The zero-order valence-corrected chi connectivity index (χ0v) is 14.8. The molecule has 0 N–H and O–H groups in total. The predicted octanol–water partition coefficient (Wildman–Crippen LogP) is 7.06. The molecule has 120 valence electrons. The molecule has 0 saturated heterocycles. The lowest BCUT2D eigenvalue weighted by molar-refractivity contribution is 0.0880. The molecule has 2 unspecified atom stereocenters. The largest absolute Gasteiger partial charge is 0.357 e. The molecule has 0 aliphatic carbocycles. The number of fused-ring (bicyclic) bond motifs is 8. The fraction of sp³-hybridized carbons (Fsp3) is 0.0909. The second-order valence-corrected chi connectivity index (χ2v) is 8.09. The van der Waals surface area contributed by atoms with Gasteiger partial charge in [0.25, 0.3) is 0 Å². The summed E-state index contributed by atoms with van der Waals surface area (Å²) in [4.78, 5) is 0. The molecule has 0 radical (unpaired) electrons. The molecule has 2 bridgehead atoms. The van der Waals surface area contributed by atoms with E-state index in [2.05, 4.69) is 54.6 Å². The lowest BCUT2D eigenvalue weighted by atomic mass is 9.87. The van der Waals surface area contributed by atoms with Crippen LogP contribution in [0.2, 0.25) is 5.02 Å². The van der Waals surface area contributed by atoms with Gasteiger partial charge in [-0.2, -0.15) is 0 Å². The predicted molar refractivity (Wildman–Crippen MR) is 105 cm³/mol. The Balaban J connectivity index is 1.79. The molecule has 2 atom stereocenters. The Morgan fingerprint density at radius 3 is 2.56 bits per heavy atom. The quantitative estimate of drug-likeness (QED) is 0.330. The van der Waals surface area contributed by atoms with E-state index in [1.807, 2.05) is 23.5 Å². The molecule has 4 aromatic rings. The lowest BCUT2D eigenvalue weighted by Gasteiger charge is -2.15. The zero-order chi connectivity index (χ0) is 16.5. The van der Waals surface area contributed by atoms with Crippen LogP contribution >= 0.6 is 22.9 Å². The van der Waals surface area contributed by atoms with Crippen LogP contribution in [0.25, 0.3) is 31.3 Å². The van der Waals surface area contributed by atoms with Crippen LogP contribution in [0.4, 0.5) is 0 Å². The summed E-state index contributed by atoms with van der Waals surface area (Å²) < 4.78 is 8.82. The third-order valence-electron chi connectivity index (χ3n) is 5.22. The normalized spacial score (nSPS) is 20.7. The topological polar surface area (TPSA) is 9.23 Å². The van der Waals surface area contributed by atoms with Crippen molar-refractivity contribution in [1.29, 1.82) is 0 Å². The van der Waals surface area contributed by atoms with Crippen molar-refractivity contribution in [1.82, 2.24) is 0 Å². The number of hydrogen-bond donors (Lipinski definition) is 0. The van der Waals surface area contributed by atoms with Gasteiger partial charge in [-0.1, -0.05) is 54.1 Å². The highest BCUT2D eigenvalue weighted by Gasteiger charge is 2.37. The molecule has 1 aromatic heterocycles. The van der Waals surface area contributed by atoms with Crippen molar-refractivity contribution in [2.24, 2.45) is 0 Å². The molecular formula is C22H13ClOS. The van der Waals surface area contributed by atoms with Crippen molar-refractivity contribution in [2.75, 3.05) is 0 Å². The first-order chi connectivity index (χ1) is 12.3. The highest BCUT2D eigenvalue weighted by atomic mass is 35.5. The molecule has 3 heteroatoms. The van der Waals surface area contributed by atoms with E-state index in [1.54, 1.807) is 0 Å². The van der Waals surface area contributed by atoms with Gasteiger partial charge >= 0.3 is 0 Å². The second kappa shape index (κ2) is 4.95. The molecule has 3 heterocycles. The Morgan fingerprint density at radius 1 is 0.880 bits per heavy atom. The Morgan fingerprint density at radius 2 is 1.68 bits per heavy atom. The van der Waals surface area contributed by atoms with Gasteiger partial charge in [-0.15, -0.1) is 11.3 Å². The SMILES string of the molecule is Clc1ccc(-c2c3c(cc4c2sc2ccccc24)C2C=CC3O2)cc1. The molecule has 0 fully saturated rings. The molecule has 1 nitrogen and oxygen atoms in total. The highest BCUT2D eigenvalue weighted by molar-refractivity contribution is 7.26. The minimum Gasteiger partial charge on any atom is -0.357 e. The summed E-state index contributed by atoms with van der Waals surface area (Å²) in [6.45, 7) is 0. The van der Waals surface area contributed by atoms with E-state index in [4.69, 9.17) is 16.3 Å². The van der Waals surface area contributed by atoms with E-state index in [0.717, 1.165) is 5.02 Å². The summed E-state index contributed by atoms with van der Waals surface area (Å²) in [5.74, 6) is 0. The maximum atomic E-state index is 6.15. The van der Waals surface area contributed by atoms with Gasteiger partial charge in [0, 0.05) is 36.3 Å². The van der Waals surface area contributed by atoms with Crippen LogP contribution in [0.5, 0.6) is 0 Å². The van der Waals surface area contributed by atoms with Crippen LogP contribution in [-0.2, 0) is 4.74 Å². The average Bonchev–Trinajstić information content (AvgIpc) is 3.34. The molecule has 0 spiro atoms. The molecule has 0 saturated carbocycles. The van der Waals surface area contributed by atoms with E-state index in [0.29, 0.717) is 0 Å². The van der Waals surface area contributed by atoms with Gasteiger partial charge in [-0.25, -0.2) is 0 Å². The minimum atomic E-state index is 0.0697. The summed E-state index contributed by atoms with van der Waals surface area (Å²) in [5.41, 5.74) is 5.16. The Bertz CT molecular complexity index is 1190. The Kier molecular flexibility index (Phi) is 2.79. The monoisotopic (exact) mass is 360 g/mol. The molecule has 2 aliphatic rings. The summed E-state index contributed by atoms with van der Waals surface area (Å²) >= 11 is 8.00. The fourth-order valence-electron chi connectivity index (χ4n) is 4.13. The van der Waals surface area contributed by atoms with Gasteiger partial charge in [0.05, 0.1) is 0 Å². The number of rotatable bonds is 1. The van der Waals surface area contributed by atoms with Gasteiger partial charge in [0.1, 0.15) is 12.2 Å². The molecule has 0 amide bonds. The van der Waals surface area contributed by atoms with Crippen molar-refractivity contribution in [3.63, 3.8) is 0 Å². The maximum Gasteiger partial charge on any atom is 0.103 e. The molecule has 6 rings (SSSR count). The van der Waals surface area contributed by atoms with Crippen molar-refractivity contribution in [2.45, 2.75) is 12.2 Å². The van der Waals surface area contributed by atoms with Gasteiger partial charge in [-0.05, 0) is 35.4 Å². The van der Waals surface area contributed by atoms with Crippen molar-refractivity contribution < 1.29 is 4.74 Å². The van der Waals surface area contributed by atoms with E-state index in [9.17, 15) is 0 Å². The Labute approximate surface area is 154 Å². The summed E-state index contributed by atoms with van der Waals surface area (Å²) in [5, 5.41) is 3.42. The van der Waals surface area contributed by atoms with Crippen LogP contribution in [0.15, 0.2) is 66.7 Å². The first kappa shape index (κ1) is 14.1. The van der Waals surface area contributed by atoms with Gasteiger partial charge in [0.2, 0.25) is 0 Å². The summed E-state index contributed by atoms with van der Waals surface area (Å²) in [6, 6.07) is 19.2. The first-order valence-corrected chi connectivity index (χ1v) is 9.57. The first-order valence-electron chi connectivity index (χ1n) is 8.37. The number of thiophene rings is 1. The summed E-state index contributed by atoms with van der Waals surface area (Å²) in [6.07, 6.45) is 4.53. The number of ether oxygens (including phenoxy) is 1. The van der Waals surface area contributed by atoms with Crippen LogP contribution < -0.4 is 0 Å². The van der Waals surface area contributed by atoms with Gasteiger partial charge < -0.3 is 4.74 Å². The number of hydrogen-bond acceptors (Lipinski definition) is 2. The van der Waals surface area contributed by atoms with E-state index >= 15 is 0 Å². The van der Waals surface area contributed by atoms with Crippen molar-refractivity contribution in [3.05, 3.63) is 82.9 Å². The van der Waals surface area contributed by atoms with E-state index in [-0.39, 0.29) is 12.2 Å². The van der Waals surface area contributed by atoms with Crippen LogP contribution in [0.3, 0.4) is 0 Å². The smallest absolute Gasteiger partial charge is 0.103 e. The highest BCUT2D eigenvalue weighted by Crippen LogP contribution is 2.54. The van der Waals surface area contributed by atoms with Crippen LogP contribution in [0.1, 0.15) is 23.3 Å². The third kappa shape index (κ3) is 1.87. The molecule has 2 aliphatic heterocycles. The lowest BCUT2D eigenvalue weighted by Crippen LogP contribution is -1.97. The standard InChI is InChI=1S/C22H13ClOS/c23-13-7-5-12(6-8-13)20-21-16(17-9-10-18(21)24-17)11-15-14-3-1-2-4-19(14)25-22(15)20/h1-11,17-18H.